The number of rotatable bonds is 1. The lowest BCUT2D eigenvalue weighted by molar-refractivity contribution is 0.612. The molecule has 0 aliphatic rings. The Labute approximate surface area is 59.3 Å². The molecule has 0 rings (SSSR count). The quantitative estimate of drug-likeness (QED) is 0.373. The molecule has 0 saturated heterocycles. The lowest BCUT2D eigenvalue weighted by Gasteiger charge is -1.91. The molecule has 58 valence electrons. The Balaban J connectivity index is 4.52. The summed E-state index contributed by atoms with van der Waals surface area (Å²) < 4.78 is 21.0. The highest BCUT2D eigenvalue weighted by atomic mass is 32.2. The number of nitrogens with two attached hydrogens (primary N) is 2. The Hall–Kier alpha value is -1.04. The predicted molar refractivity (Wildman–Crippen MR) is 39.8 cm³/mol. The summed E-state index contributed by atoms with van der Waals surface area (Å²) >= 11 is 0. The van der Waals surface area contributed by atoms with Crippen molar-refractivity contribution in [2.75, 3.05) is 6.26 Å². The van der Waals surface area contributed by atoms with Gasteiger partial charge in [-0.15, -0.1) is 0 Å². The summed E-state index contributed by atoms with van der Waals surface area (Å²) in [5.74, 6) is 0. The van der Waals surface area contributed by atoms with E-state index in [9.17, 15) is 8.42 Å². The minimum Gasteiger partial charge on any atom is -0.403 e. The zero-order chi connectivity index (χ0) is 8.20. The average Bonchev–Trinajstić information content (AvgIpc) is 1.80. The molecule has 0 aromatic heterocycles. The van der Waals surface area contributed by atoms with Crippen molar-refractivity contribution in [3.05, 3.63) is 12.4 Å². The minimum atomic E-state index is -3.35. The normalized spacial score (nSPS) is 14.3. The van der Waals surface area contributed by atoms with Crippen molar-refractivity contribution in [1.29, 1.82) is 0 Å². The van der Waals surface area contributed by atoms with Gasteiger partial charge in [-0.2, -0.15) is 0 Å². The third-order valence-electron chi connectivity index (χ3n) is 0.668. The van der Waals surface area contributed by atoms with Crippen molar-refractivity contribution in [2.24, 2.45) is 16.5 Å². The van der Waals surface area contributed by atoms with E-state index in [1.54, 1.807) is 0 Å². The van der Waals surface area contributed by atoms with Crippen LogP contribution in [0.4, 0.5) is 0 Å². The standard InChI is InChI=1S/C4H9N3O2S/c1-10(8,9)4(6)7-3-2-5/h2-3H,5H2,1H3,(H2,6,7)/b3-2-. The van der Waals surface area contributed by atoms with Crippen LogP contribution < -0.4 is 11.5 Å². The van der Waals surface area contributed by atoms with E-state index in [0.717, 1.165) is 18.7 Å². The van der Waals surface area contributed by atoms with Crippen LogP contribution in [0.3, 0.4) is 0 Å². The van der Waals surface area contributed by atoms with Gasteiger partial charge in [0, 0.05) is 18.7 Å². The first-order chi connectivity index (χ1) is 4.48. The average molecular weight is 163 g/mol. The molecule has 0 amide bonds. The Morgan fingerprint density at radius 2 is 2.10 bits per heavy atom. The maximum absolute atomic E-state index is 10.5. The number of aliphatic imine (C=N–C) groups is 1. The zero-order valence-corrected chi connectivity index (χ0v) is 6.30. The maximum Gasteiger partial charge on any atom is 0.217 e. The van der Waals surface area contributed by atoms with Crippen LogP contribution in [0.1, 0.15) is 0 Å². The van der Waals surface area contributed by atoms with Crippen LogP contribution >= 0.6 is 0 Å². The number of sulfone groups is 1. The van der Waals surface area contributed by atoms with E-state index in [2.05, 4.69) is 4.99 Å². The van der Waals surface area contributed by atoms with Gasteiger partial charge in [-0.25, -0.2) is 13.4 Å². The highest BCUT2D eigenvalue weighted by Crippen LogP contribution is 1.82. The van der Waals surface area contributed by atoms with Crippen molar-refractivity contribution in [3.8, 4) is 0 Å². The highest BCUT2D eigenvalue weighted by molar-refractivity contribution is 8.05. The van der Waals surface area contributed by atoms with Gasteiger partial charge in [-0.05, 0) is 0 Å². The summed E-state index contributed by atoms with van der Waals surface area (Å²) in [6.45, 7) is 0. The first-order valence-corrected chi connectivity index (χ1v) is 4.27. The minimum absolute atomic E-state index is 0.436. The van der Waals surface area contributed by atoms with Crippen LogP contribution in [-0.2, 0) is 9.84 Å². The Kier molecular flexibility index (Phi) is 2.88. The van der Waals surface area contributed by atoms with Gasteiger partial charge in [0.05, 0.1) is 0 Å². The lowest BCUT2D eigenvalue weighted by Crippen LogP contribution is -2.22. The van der Waals surface area contributed by atoms with E-state index in [0.29, 0.717) is 0 Å². The number of hydrogen-bond acceptors (Lipinski definition) is 4. The molecule has 0 unspecified atom stereocenters. The second-order valence-corrected chi connectivity index (χ2v) is 3.54. The Bertz CT molecular complexity index is 252. The van der Waals surface area contributed by atoms with Crippen LogP contribution in [0, 0.1) is 0 Å². The van der Waals surface area contributed by atoms with Crippen molar-refractivity contribution in [2.45, 2.75) is 0 Å². The number of nitrogens with zero attached hydrogens (tertiary/aromatic N) is 1. The molecule has 0 heterocycles. The molecular weight excluding hydrogens is 154 g/mol. The topological polar surface area (TPSA) is 98.5 Å². The van der Waals surface area contributed by atoms with Gasteiger partial charge in [0.1, 0.15) is 0 Å². The van der Waals surface area contributed by atoms with Gasteiger partial charge in [-0.3, -0.25) is 0 Å². The summed E-state index contributed by atoms with van der Waals surface area (Å²) in [4.78, 5) is 3.31. The van der Waals surface area contributed by atoms with Crippen LogP contribution in [-0.4, -0.2) is 19.8 Å². The van der Waals surface area contributed by atoms with Crippen LogP contribution in [0.15, 0.2) is 17.4 Å². The SMILES string of the molecule is CS(=O)(=O)C(N)=N/C=C\N. The molecule has 0 fully saturated rings. The fourth-order valence-electron chi connectivity index (χ4n) is 0.212. The van der Waals surface area contributed by atoms with Crippen LogP contribution in [0.2, 0.25) is 0 Å². The molecule has 0 spiro atoms. The molecule has 0 aliphatic carbocycles. The van der Waals surface area contributed by atoms with Gasteiger partial charge >= 0.3 is 0 Å². The third kappa shape index (κ3) is 3.08. The Morgan fingerprint density at radius 3 is 2.40 bits per heavy atom. The molecule has 4 N–H and O–H groups in total. The van der Waals surface area contributed by atoms with E-state index >= 15 is 0 Å². The monoisotopic (exact) mass is 163 g/mol. The van der Waals surface area contributed by atoms with Gasteiger partial charge in [0.15, 0.2) is 0 Å². The summed E-state index contributed by atoms with van der Waals surface area (Å²) in [5.41, 5.74) is 9.87. The molecule has 5 nitrogen and oxygen atoms in total. The lowest BCUT2D eigenvalue weighted by atomic mass is 10.9. The number of hydrogen-bond donors (Lipinski definition) is 2. The predicted octanol–water partition coefficient (Wildman–Crippen LogP) is -1.22. The smallest absolute Gasteiger partial charge is 0.217 e. The molecule has 0 aromatic carbocycles. The summed E-state index contributed by atoms with van der Waals surface area (Å²) in [6.07, 6.45) is 3.17. The summed E-state index contributed by atoms with van der Waals surface area (Å²) in [7, 11) is -3.35. The first kappa shape index (κ1) is 8.96. The largest absolute Gasteiger partial charge is 0.403 e. The second kappa shape index (κ2) is 3.21. The molecule has 6 heteroatoms. The molecule has 10 heavy (non-hydrogen) atoms. The van der Waals surface area contributed by atoms with E-state index < -0.39 is 15.0 Å². The fraction of sp³-hybridized carbons (Fsp3) is 0.250. The van der Waals surface area contributed by atoms with Crippen molar-refractivity contribution in [3.63, 3.8) is 0 Å². The van der Waals surface area contributed by atoms with Gasteiger partial charge < -0.3 is 11.5 Å². The van der Waals surface area contributed by atoms with Crippen molar-refractivity contribution < 1.29 is 8.42 Å². The van der Waals surface area contributed by atoms with E-state index in [1.807, 2.05) is 0 Å². The van der Waals surface area contributed by atoms with E-state index in [4.69, 9.17) is 11.5 Å². The summed E-state index contributed by atoms with van der Waals surface area (Å²) in [6, 6.07) is 0. The maximum atomic E-state index is 10.5. The van der Waals surface area contributed by atoms with Crippen molar-refractivity contribution >= 4 is 15.0 Å². The molecule has 0 aliphatic heterocycles. The van der Waals surface area contributed by atoms with Gasteiger partial charge in [0.25, 0.3) is 0 Å². The fourth-order valence-corrected chi connectivity index (χ4v) is 0.465. The second-order valence-electron chi connectivity index (χ2n) is 1.58. The van der Waals surface area contributed by atoms with Crippen LogP contribution in [0.25, 0.3) is 0 Å². The van der Waals surface area contributed by atoms with Crippen molar-refractivity contribution in [1.82, 2.24) is 0 Å². The molecule has 0 bridgehead atoms. The molecule has 0 saturated carbocycles. The van der Waals surface area contributed by atoms with E-state index in [1.165, 1.54) is 0 Å². The molecule has 0 radical (unpaired) electrons. The molecule has 0 atom stereocenters. The van der Waals surface area contributed by atoms with Gasteiger partial charge in [-0.1, -0.05) is 0 Å². The molecule has 0 aromatic rings. The van der Waals surface area contributed by atoms with E-state index in [-0.39, 0.29) is 0 Å². The Morgan fingerprint density at radius 1 is 1.60 bits per heavy atom. The van der Waals surface area contributed by atoms with Crippen LogP contribution in [0.5, 0.6) is 0 Å². The first-order valence-electron chi connectivity index (χ1n) is 2.38. The third-order valence-corrected chi connectivity index (χ3v) is 1.53. The number of amidine groups is 1. The zero-order valence-electron chi connectivity index (χ0n) is 5.48. The molecular formula is C4H9N3O2S. The summed E-state index contributed by atoms with van der Waals surface area (Å²) in [5, 5.41) is -0.436. The van der Waals surface area contributed by atoms with Gasteiger partial charge in [0.2, 0.25) is 15.0 Å². The highest BCUT2D eigenvalue weighted by Gasteiger charge is 2.05.